The van der Waals surface area contributed by atoms with Crippen LogP contribution in [0.4, 0.5) is 0 Å². The number of rotatable bonds is 3. The average molecular weight is 153 g/mol. The van der Waals surface area contributed by atoms with E-state index in [9.17, 15) is 0 Å². The quantitative estimate of drug-likeness (QED) is 0.685. The summed E-state index contributed by atoms with van der Waals surface area (Å²) in [6.07, 6.45) is 3.00. The fourth-order valence-electron chi connectivity index (χ4n) is 1.05. The van der Waals surface area contributed by atoms with Gasteiger partial charge in [0.05, 0.1) is 6.20 Å². The van der Waals surface area contributed by atoms with Gasteiger partial charge in [-0.15, -0.1) is 0 Å². The minimum absolute atomic E-state index is 1.02. The largest absolute Gasteiger partial charge is 0.319 e. The van der Waals surface area contributed by atoms with Crippen LogP contribution in [0.15, 0.2) is 6.20 Å². The zero-order valence-corrected chi connectivity index (χ0v) is 7.39. The van der Waals surface area contributed by atoms with Gasteiger partial charge in [-0.05, 0) is 32.5 Å². The van der Waals surface area contributed by atoms with Gasteiger partial charge >= 0.3 is 0 Å². The van der Waals surface area contributed by atoms with E-state index in [1.807, 2.05) is 25.0 Å². The summed E-state index contributed by atoms with van der Waals surface area (Å²) in [6.45, 7) is 3.12. The highest BCUT2D eigenvalue weighted by Gasteiger charge is 2.01. The molecule has 0 spiro atoms. The Hall–Kier alpha value is -0.830. The van der Waals surface area contributed by atoms with Crippen LogP contribution in [-0.2, 0) is 13.5 Å². The Balaban J connectivity index is 2.63. The molecular formula is C8H15N3. The molecule has 0 aliphatic carbocycles. The first-order valence-electron chi connectivity index (χ1n) is 3.87. The molecule has 0 aliphatic rings. The molecule has 0 bridgehead atoms. The highest BCUT2D eigenvalue weighted by Crippen LogP contribution is 2.04. The maximum atomic E-state index is 4.16. The monoisotopic (exact) mass is 153 g/mol. The average Bonchev–Trinajstić information content (AvgIpc) is 2.31. The molecular weight excluding hydrogens is 138 g/mol. The van der Waals surface area contributed by atoms with Crippen LogP contribution in [0, 0.1) is 6.92 Å². The van der Waals surface area contributed by atoms with E-state index in [1.54, 1.807) is 0 Å². The van der Waals surface area contributed by atoms with Crippen LogP contribution < -0.4 is 5.32 Å². The normalized spacial score (nSPS) is 10.5. The highest BCUT2D eigenvalue weighted by atomic mass is 15.3. The van der Waals surface area contributed by atoms with Gasteiger partial charge in [-0.2, -0.15) is 5.10 Å². The van der Waals surface area contributed by atoms with E-state index in [0.29, 0.717) is 0 Å². The van der Waals surface area contributed by atoms with Crippen molar-refractivity contribution < 1.29 is 0 Å². The number of hydrogen-bond acceptors (Lipinski definition) is 2. The zero-order chi connectivity index (χ0) is 8.27. The molecule has 1 heterocycles. The van der Waals surface area contributed by atoms with Crippen molar-refractivity contribution in [3.8, 4) is 0 Å². The Morgan fingerprint density at radius 1 is 1.64 bits per heavy atom. The Morgan fingerprint density at radius 2 is 2.36 bits per heavy atom. The van der Waals surface area contributed by atoms with Crippen molar-refractivity contribution in [2.24, 2.45) is 7.05 Å². The first-order valence-corrected chi connectivity index (χ1v) is 3.87. The molecule has 0 unspecified atom stereocenters. The third kappa shape index (κ3) is 1.80. The molecule has 0 aliphatic heterocycles. The van der Waals surface area contributed by atoms with Crippen molar-refractivity contribution in [1.29, 1.82) is 0 Å². The summed E-state index contributed by atoms with van der Waals surface area (Å²) >= 11 is 0. The highest BCUT2D eigenvalue weighted by molar-refractivity contribution is 5.15. The summed E-state index contributed by atoms with van der Waals surface area (Å²) in [5.41, 5.74) is 2.60. The Bertz CT molecular complexity index is 227. The van der Waals surface area contributed by atoms with Gasteiger partial charge in [0.1, 0.15) is 0 Å². The molecule has 1 N–H and O–H groups in total. The molecule has 0 fully saturated rings. The molecule has 62 valence electrons. The third-order valence-electron chi connectivity index (χ3n) is 1.98. The molecule has 3 nitrogen and oxygen atoms in total. The Labute approximate surface area is 67.4 Å². The van der Waals surface area contributed by atoms with Crippen molar-refractivity contribution >= 4 is 0 Å². The van der Waals surface area contributed by atoms with Crippen molar-refractivity contribution in [1.82, 2.24) is 15.1 Å². The van der Waals surface area contributed by atoms with Crippen molar-refractivity contribution in [2.75, 3.05) is 13.6 Å². The lowest BCUT2D eigenvalue weighted by atomic mass is 10.2. The van der Waals surface area contributed by atoms with Crippen LogP contribution in [-0.4, -0.2) is 23.4 Å². The van der Waals surface area contributed by atoms with Gasteiger partial charge in [0.2, 0.25) is 0 Å². The molecule has 0 saturated carbocycles. The molecule has 0 atom stereocenters. The second-order valence-electron chi connectivity index (χ2n) is 2.73. The van der Waals surface area contributed by atoms with Crippen LogP contribution >= 0.6 is 0 Å². The number of aromatic nitrogens is 2. The topological polar surface area (TPSA) is 29.9 Å². The number of likely N-dealkylation sites (N-methyl/N-ethyl adjacent to an activating group) is 1. The van der Waals surface area contributed by atoms with E-state index in [-0.39, 0.29) is 0 Å². The molecule has 0 radical (unpaired) electrons. The summed E-state index contributed by atoms with van der Waals surface area (Å²) < 4.78 is 1.91. The minimum atomic E-state index is 1.02. The Morgan fingerprint density at radius 3 is 2.82 bits per heavy atom. The van der Waals surface area contributed by atoms with Crippen LogP contribution in [0.25, 0.3) is 0 Å². The number of nitrogens with zero attached hydrogens (tertiary/aromatic N) is 2. The smallest absolute Gasteiger partial charge is 0.0524 e. The van der Waals surface area contributed by atoms with Gasteiger partial charge in [-0.1, -0.05) is 0 Å². The fraction of sp³-hybridized carbons (Fsp3) is 0.625. The SMILES string of the molecule is CNCCc1cnn(C)c1C. The lowest BCUT2D eigenvalue weighted by molar-refractivity contribution is 0.733. The van der Waals surface area contributed by atoms with Gasteiger partial charge in [0.15, 0.2) is 0 Å². The number of aryl methyl sites for hydroxylation is 1. The van der Waals surface area contributed by atoms with E-state index < -0.39 is 0 Å². The predicted molar refractivity (Wildman–Crippen MR) is 45.6 cm³/mol. The minimum Gasteiger partial charge on any atom is -0.319 e. The first kappa shape index (κ1) is 8.27. The molecule has 0 amide bonds. The van der Waals surface area contributed by atoms with Crippen molar-refractivity contribution in [3.05, 3.63) is 17.5 Å². The van der Waals surface area contributed by atoms with Crippen LogP contribution in [0.5, 0.6) is 0 Å². The van der Waals surface area contributed by atoms with Gasteiger partial charge in [0.25, 0.3) is 0 Å². The number of hydrogen-bond donors (Lipinski definition) is 1. The molecule has 11 heavy (non-hydrogen) atoms. The predicted octanol–water partition coefficient (Wildman–Crippen LogP) is 0.490. The van der Waals surface area contributed by atoms with Crippen LogP contribution in [0.3, 0.4) is 0 Å². The van der Waals surface area contributed by atoms with Gasteiger partial charge in [-0.3, -0.25) is 4.68 Å². The third-order valence-corrected chi connectivity index (χ3v) is 1.98. The van der Waals surface area contributed by atoms with Crippen molar-refractivity contribution in [3.63, 3.8) is 0 Å². The fourth-order valence-corrected chi connectivity index (χ4v) is 1.05. The van der Waals surface area contributed by atoms with Crippen molar-refractivity contribution in [2.45, 2.75) is 13.3 Å². The lowest BCUT2D eigenvalue weighted by Crippen LogP contribution is -2.10. The molecule has 0 aromatic carbocycles. The van der Waals surface area contributed by atoms with E-state index in [0.717, 1.165) is 13.0 Å². The number of nitrogens with one attached hydrogen (secondary N) is 1. The summed E-state index contributed by atoms with van der Waals surface area (Å²) in [4.78, 5) is 0. The summed E-state index contributed by atoms with van der Waals surface area (Å²) in [5, 5.41) is 7.27. The van der Waals surface area contributed by atoms with E-state index >= 15 is 0 Å². The Kier molecular flexibility index (Phi) is 2.65. The molecule has 3 heteroatoms. The lowest BCUT2D eigenvalue weighted by Gasteiger charge is -1.98. The van der Waals surface area contributed by atoms with Crippen LogP contribution in [0.2, 0.25) is 0 Å². The standard InChI is InChI=1S/C8H15N3/c1-7-8(4-5-9-2)6-10-11(7)3/h6,9H,4-5H2,1-3H3. The second-order valence-corrected chi connectivity index (χ2v) is 2.73. The second kappa shape index (κ2) is 3.53. The van der Waals surface area contributed by atoms with Gasteiger partial charge in [-0.25, -0.2) is 0 Å². The van der Waals surface area contributed by atoms with Gasteiger partial charge in [0, 0.05) is 12.7 Å². The van der Waals surface area contributed by atoms with E-state index in [1.165, 1.54) is 11.3 Å². The first-order chi connectivity index (χ1) is 5.25. The maximum absolute atomic E-state index is 4.16. The maximum Gasteiger partial charge on any atom is 0.0524 e. The molecule has 1 rings (SSSR count). The summed E-state index contributed by atoms with van der Waals surface area (Å²) in [7, 11) is 3.93. The van der Waals surface area contributed by atoms with Crippen LogP contribution in [0.1, 0.15) is 11.3 Å². The summed E-state index contributed by atoms with van der Waals surface area (Å²) in [6, 6.07) is 0. The zero-order valence-electron chi connectivity index (χ0n) is 7.39. The van der Waals surface area contributed by atoms with E-state index in [4.69, 9.17) is 0 Å². The molecule has 1 aromatic rings. The molecule has 0 saturated heterocycles. The molecule has 1 aromatic heterocycles. The summed E-state index contributed by atoms with van der Waals surface area (Å²) in [5.74, 6) is 0. The van der Waals surface area contributed by atoms with E-state index in [2.05, 4.69) is 17.3 Å². The van der Waals surface area contributed by atoms with Gasteiger partial charge < -0.3 is 5.32 Å².